The number of rotatable bonds is 5. The Morgan fingerprint density at radius 3 is 1.96 bits per heavy atom. The predicted molar refractivity (Wildman–Crippen MR) is 81.3 cm³/mol. The molecule has 0 spiro atoms. The number of anilines is 1. The summed E-state index contributed by atoms with van der Waals surface area (Å²) in [7, 11) is 0. The van der Waals surface area contributed by atoms with E-state index in [4.69, 9.17) is 0 Å². The highest BCUT2D eigenvalue weighted by Crippen LogP contribution is 2.41. The highest BCUT2D eigenvalue weighted by atomic mass is 19.4. The summed E-state index contributed by atoms with van der Waals surface area (Å²) in [5, 5.41) is 35.1. The van der Waals surface area contributed by atoms with Crippen molar-refractivity contribution >= 4 is 17.1 Å². The fourth-order valence-corrected chi connectivity index (χ4v) is 2.88. The highest BCUT2D eigenvalue weighted by molar-refractivity contribution is 5.75. The molecule has 138 valence electrons. The van der Waals surface area contributed by atoms with Crippen molar-refractivity contribution in [1.82, 2.24) is 0 Å². The quantitative estimate of drug-likeness (QED) is 0.609. The van der Waals surface area contributed by atoms with E-state index >= 15 is 0 Å². The summed E-state index contributed by atoms with van der Waals surface area (Å²) in [5.41, 5.74) is -5.43. The number of alkyl halides is 3. The molecule has 1 saturated carbocycles. The number of aliphatic hydroxyl groups is 1. The number of benzene rings is 1. The third-order valence-electron chi connectivity index (χ3n) is 4.20. The number of nitrogens with one attached hydrogen (secondary N) is 1. The first-order chi connectivity index (χ1) is 11.5. The molecule has 0 saturated heterocycles. The number of nitro groups is 2. The molecule has 2 rings (SSSR count). The second-order valence-electron chi connectivity index (χ2n) is 6.04. The van der Waals surface area contributed by atoms with Crippen LogP contribution in [0.4, 0.5) is 30.2 Å². The Kier molecular flexibility index (Phi) is 5.16. The maximum Gasteiger partial charge on any atom is 0.416 e. The molecule has 0 atom stereocenters. The van der Waals surface area contributed by atoms with Crippen molar-refractivity contribution in [3.05, 3.63) is 37.9 Å². The average molecular weight is 363 g/mol. The van der Waals surface area contributed by atoms with E-state index in [1.165, 1.54) is 0 Å². The van der Waals surface area contributed by atoms with Crippen LogP contribution in [0.5, 0.6) is 0 Å². The Bertz CT molecular complexity index is 652. The van der Waals surface area contributed by atoms with E-state index in [1.807, 2.05) is 0 Å². The van der Waals surface area contributed by atoms with Crippen LogP contribution in [0.1, 0.15) is 37.7 Å². The van der Waals surface area contributed by atoms with Gasteiger partial charge in [-0.05, 0) is 12.8 Å². The van der Waals surface area contributed by atoms with Gasteiger partial charge in [-0.15, -0.1) is 0 Å². The summed E-state index contributed by atoms with van der Waals surface area (Å²) in [6.45, 7) is -0.222. The maximum absolute atomic E-state index is 12.8. The smallest absolute Gasteiger partial charge is 0.388 e. The van der Waals surface area contributed by atoms with Gasteiger partial charge < -0.3 is 10.4 Å². The molecule has 1 aromatic rings. The molecule has 0 heterocycles. The van der Waals surface area contributed by atoms with Gasteiger partial charge in [-0.3, -0.25) is 20.2 Å². The fraction of sp³-hybridized carbons (Fsp3) is 0.571. The summed E-state index contributed by atoms with van der Waals surface area (Å²) in [5.74, 6) is 0. The zero-order chi connectivity index (χ0) is 18.8. The molecule has 1 aliphatic rings. The summed E-state index contributed by atoms with van der Waals surface area (Å²) in [6, 6.07) is 0.500. The minimum absolute atomic E-state index is 0.222. The molecule has 1 aromatic carbocycles. The van der Waals surface area contributed by atoms with E-state index in [-0.39, 0.29) is 18.7 Å². The van der Waals surface area contributed by atoms with Crippen molar-refractivity contribution in [2.24, 2.45) is 0 Å². The summed E-state index contributed by atoms with van der Waals surface area (Å²) < 4.78 is 38.5. The molecular weight excluding hydrogens is 347 g/mol. The largest absolute Gasteiger partial charge is 0.416 e. The first-order valence-corrected chi connectivity index (χ1v) is 7.54. The third-order valence-corrected chi connectivity index (χ3v) is 4.20. The zero-order valence-electron chi connectivity index (χ0n) is 13.0. The molecule has 25 heavy (non-hydrogen) atoms. The Morgan fingerprint density at radius 2 is 1.56 bits per heavy atom. The lowest BCUT2D eigenvalue weighted by molar-refractivity contribution is -0.392. The van der Waals surface area contributed by atoms with E-state index in [9.17, 15) is 38.5 Å². The lowest BCUT2D eigenvalue weighted by Gasteiger charge is -2.32. The summed E-state index contributed by atoms with van der Waals surface area (Å²) >= 11 is 0. The number of nitro benzene ring substituents is 2. The minimum atomic E-state index is -4.96. The van der Waals surface area contributed by atoms with Gasteiger partial charge in [-0.2, -0.15) is 13.2 Å². The monoisotopic (exact) mass is 363 g/mol. The summed E-state index contributed by atoms with van der Waals surface area (Å²) in [4.78, 5) is 20.0. The topological polar surface area (TPSA) is 119 Å². The van der Waals surface area contributed by atoms with Crippen LogP contribution < -0.4 is 5.32 Å². The second kappa shape index (κ2) is 6.82. The molecule has 1 aliphatic carbocycles. The van der Waals surface area contributed by atoms with Crippen LogP contribution in [-0.4, -0.2) is 27.1 Å². The Labute approximate surface area is 139 Å². The zero-order valence-corrected chi connectivity index (χ0v) is 13.0. The van der Waals surface area contributed by atoms with E-state index in [2.05, 4.69) is 5.32 Å². The van der Waals surface area contributed by atoms with Gasteiger partial charge in [0.2, 0.25) is 0 Å². The number of halogens is 3. The summed E-state index contributed by atoms with van der Waals surface area (Å²) in [6.07, 6.45) is -1.77. The Balaban J connectivity index is 2.44. The van der Waals surface area contributed by atoms with E-state index in [1.54, 1.807) is 0 Å². The van der Waals surface area contributed by atoms with Gasteiger partial charge in [0.1, 0.15) is 0 Å². The molecule has 0 bridgehead atoms. The molecule has 0 radical (unpaired) electrons. The number of hydrogen-bond acceptors (Lipinski definition) is 6. The van der Waals surface area contributed by atoms with Crippen molar-refractivity contribution < 1.29 is 28.1 Å². The fourth-order valence-electron chi connectivity index (χ4n) is 2.88. The molecule has 0 unspecified atom stereocenters. The van der Waals surface area contributed by atoms with E-state index in [0.29, 0.717) is 12.8 Å². The molecule has 11 heteroatoms. The molecule has 0 aromatic heterocycles. The maximum atomic E-state index is 12.8. The molecule has 2 N–H and O–H groups in total. The van der Waals surface area contributed by atoms with Crippen LogP contribution in [0.25, 0.3) is 0 Å². The number of hydrogen-bond donors (Lipinski definition) is 2. The van der Waals surface area contributed by atoms with Crippen LogP contribution in [0.3, 0.4) is 0 Å². The van der Waals surface area contributed by atoms with Crippen LogP contribution in [-0.2, 0) is 6.18 Å². The SMILES string of the molecule is O=[N+]([O-])c1cc(C(F)(F)F)cc([N+](=O)[O-])c1NCC1(O)CCCCC1. The van der Waals surface area contributed by atoms with Crippen LogP contribution in [0, 0.1) is 20.2 Å². The predicted octanol–water partition coefficient (Wildman–Crippen LogP) is 3.63. The van der Waals surface area contributed by atoms with Gasteiger partial charge >= 0.3 is 6.18 Å². The van der Waals surface area contributed by atoms with Gasteiger partial charge in [-0.25, -0.2) is 0 Å². The second-order valence-corrected chi connectivity index (χ2v) is 6.04. The van der Waals surface area contributed by atoms with Crippen molar-refractivity contribution in [2.75, 3.05) is 11.9 Å². The first kappa shape index (κ1) is 18.9. The van der Waals surface area contributed by atoms with Gasteiger partial charge in [0.25, 0.3) is 11.4 Å². The van der Waals surface area contributed by atoms with Gasteiger partial charge in [0.15, 0.2) is 5.69 Å². The van der Waals surface area contributed by atoms with Crippen molar-refractivity contribution in [2.45, 2.75) is 43.9 Å². The van der Waals surface area contributed by atoms with Gasteiger partial charge in [0.05, 0.1) is 21.0 Å². The molecule has 0 amide bonds. The Hall–Kier alpha value is -2.43. The molecule has 8 nitrogen and oxygen atoms in total. The van der Waals surface area contributed by atoms with Crippen molar-refractivity contribution in [3.8, 4) is 0 Å². The van der Waals surface area contributed by atoms with Gasteiger partial charge in [0, 0.05) is 18.7 Å². The van der Waals surface area contributed by atoms with Crippen molar-refractivity contribution in [1.29, 1.82) is 0 Å². The van der Waals surface area contributed by atoms with Crippen molar-refractivity contribution in [3.63, 3.8) is 0 Å². The lowest BCUT2D eigenvalue weighted by Crippen LogP contribution is -2.39. The van der Waals surface area contributed by atoms with E-state index < -0.39 is 44.2 Å². The van der Waals surface area contributed by atoms with Crippen LogP contribution in [0.15, 0.2) is 12.1 Å². The van der Waals surface area contributed by atoms with Crippen LogP contribution in [0.2, 0.25) is 0 Å². The first-order valence-electron chi connectivity index (χ1n) is 7.54. The van der Waals surface area contributed by atoms with E-state index in [0.717, 1.165) is 19.3 Å². The third kappa shape index (κ3) is 4.35. The average Bonchev–Trinajstić information content (AvgIpc) is 2.51. The standard InChI is InChI=1S/C14H16F3N3O5/c15-14(16,17)9-6-10(19(22)23)12(11(7-9)20(24)25)18-8-13(21)4-2-1-3-5-13/h6-7,18,21H,1-5,8H2. The molecule has 1 fully saturated rings. The van der Waals surface area contributed by atoms with Crippen LogP contribution >= 0.6 is 0 Å². The minimum Gasteiger partial charge on any atom is -0.388 e. The molecular formula is C14H16F3N3O5. The Morgan fingerprint density at radius 1 is 1.08 bits per heavy atom. The molecule has 0 aliphatic heterocycles. The van der Waals surface area contributed by atoms with Gasteiger partial charge in [-0.1, -0.05) is 19.3 Å². The normalized spacial score (nSPS) is 17.1. The number of nitrogens with zero attached hydrogens (tertiary/aromatic N) is 2. The highest BCUT2D eigenvalue weighted by Gasteiger charge is 2.38. The lowest BCUT2D eigenvalue weighted by atomic mass is 9.85.